The lowest BCUT2D eigenvalue weighted by Gasteiger charge is -2.30. The number of aliphatic hydroxyl groups is 1. The minimum atomic E-state index is -0.0864. The fourth-order valence-corrected chi connectivity index (χ4v) is 4.63. The van der Waals surface area contributed by atoms with Crippen LogP contribution in [-0.4, -0.2) is 55.6 Å². The number of anilines is 2. The van der Waals surface area contributed by atoms with Crippen LogP contribution in [0.2, 0.25) is 0 Å². The first kappa shape index (κ1) is 26.5. The second-order valence-corrected chi connectivity index (χ2v) is 9.22. The Bertz CT molecular complexity index is 994. The van der Waals surface area contributed by atoms with Crippen molar-refractivity contribution in [2.45, 2.75) is 58.6 Å². The number of para-hydroxylation sites is 2. The average molecular weight is 482 g/mol. The summed E-state index contributed by atoms with van der Waals surface area (Å²) < 4.78 is 5.47. The fourth-order valence-electron chi connectivity index (χ4n) is 4.63. The molecule has 7 nitrogen and oxygen atoms in total. The molecule has 0 saturated heterocycles. The molecule has 3 rings (SSSR count). The van der Waals surface area contributed by atoms with Crippen molar-refractivity contribution in [2.24, 2.45) is 0 Å². The van der Waals surface area contributed by atoms with Gasteiger partial charge in [-0.15, -0.1) is 0 Å². The molecule has 0 aliphatic carbocycles. The molecule has 0 aromatic heterocycles. The Morgan fingerprint density at radius 1 is 1.03 bits per heavy atom. The first-order chi connectivity index (χ1) is 16.9. The summed E-state index contributed by atoms with van der Waals surface area (Å²) in [5.41, 5.74) is 3.45. The van der Waals surface area contributed by atoms with Crippen molar-refractivity contribution >= 4 is 23.2 Å². The molecule has 0 fully saturated rings. The SMILES string of the molecule is COc1ccccc1N(C)CCC(=O)N1CCCCCCCN(C(C)=O)c2cc(CO)ccc2C1. The first-order valence-corrected chi connectivity index (χ1v) is 12.6. The zero-order valence-electron chi connectivity index (χ0n) is 21.3. The van der Waals surface area contributed by atoms with E-state index in [4.69, 9.17) is 4.74 Å². The van der Waals surface area contributed by atoms with Crippen LogP contribution in [0.3, 0.4) is 0 Å². The molecule has 2 aromatic rings. The number of amides is 2. The Morgan fingerprint density at radius 3 is 2.46 bits per heavy atom. The topological polar surface area (TPSA) is 73.3 Å². The monoisotopic (exact) mass is 481 g/mol. The minimum absolute atomic E-state index is 0.0188. The summed E-state index contributed by atoms with van der Waals surface area (Å²) in [5, 5.41) is 9.68. The van der Waals surface area contributed by atoms with Gasteiger partial charge in [-0.1, -0.05) is 43.5 Å². The highest BCUT2D eigenvalue weighted by atomic mass is 16.5. The van der Waals surface area contributed by atoms with Crippen molar-refractivity contribution in [1.82, 2.24) is 4.90 Å². The fraction of sp³-hybridized carbons (Fsp3) is 0.500. The number of nitrogens with zero attached hydrogens (tertiary/aromatic N) is 3. The Balaban J connectivity index is 1.81. The van der Waals surface area contributed by atoms with Gasteiger partial charge in [0.1, 0.15) is 5.75 Å². The highest BCUT2D eigenvalue weighted by Crippen LogP contribution is 2.28. The normalized spacial score (nSPS) is 15.0. The Hall–Kier alpha value is -3.06. The number of aliphatic hydroxyl groups excluding tert-OH is 1. The largest absolute Gasteiger partial charge is 0.495 e. The van der Waals surface area contributed by atoms with Crippen molar-refractivity contribution in [1.29, 1.82) is 0 Å². The summed E-state index contributed by atoms with van der Waals surface area (Å²) in [7, 11) is 3.62. The van der Waals surface area contributed by atoms with Crippen LogP contribution in [0.25, 0.3) is 0 Å². The maximum atomic E-state index is 13.4. The Labute approximate surface area is 209 Å². The van der Waals surface area contributed by atoms with Gasteiger partial charge in [0.25, 0.3) is 0 Å². The van der Waals surface area contributed by atoms with Crippen molar-refractivity contribution < 1.29 is 19.4 Å². The van der Waals surface area contributed by atoms with Gasteiger partial charge in [0.15, 0.2) is 0 Å². The minimum Gasteiger partial charge on any atom is -0.495 e. The third-order valence-corrected chi connectivity index (χ3v) is 6.68. The molecule has 1 heterocycles. The number of ether oxygens (including phenoxy) is 1. The molecule has 0 spiro atoms. The lowest BCUT2D eigenvalue weighted by atomic mass is 10.0. The van der Waals surface area contributed by atoms with Gasteiger partial charge >= 0.3 is 0 Å². The van der Waals surface area contributed by atoms with E-state index in [1.165, 1.54) is 0 Å². The quantitative estimate of drug-likeness (QED) is 0.664. The second kappa shape index (κ2) is 13.1. The summed E-state index contributed by atoms with van der Waals surface area (Å²) in [4.78, 5) is 31.7. The van der Waals surface area contributed by atoms with Gasteiger partial charge < -0.3 is 24.5 Å². The maximum absolute atomic E-state index is 13.4. The number of carbonyl (C=O) groups excluding carboxylic acids is 2. The predicted molar refractivity (Wildman–Crippen MR) is 140 cm³/mol. The van der Waals surface area contributed by atoms with Crippen LogP contribution in [0.4, 0.5) is 11.4 Å². The van der Waals surface area contributed by atoms with E-state index in [0.717, 1.165) is 60.4 Å². The summed E-state index contributed by atoms with van der Waals surface area (Å²) in [6.45, 7) is 3.86. The molecule has 190 valence electrons. The van der Waals surface area contributed by atoms with E-state index in [2.05, 4.69) is 0 Å². The highest BCUT2D eigenvalue weighted by molar-refractivity contribution is 5.92. The average Bonchev–Trinajstić information content (AvgIpc) is 2.87. The Kier molecular flexibility index (Phi) is 9.97. The molecular weight excluding hydrogens is 442 g/mol. The summed E-state index contributed by atoms with van der Waals surface area (Å²) >= 11 is 0. The molecular formula is C28H39N3O4. The zero-order chi connectivity index (χ0) is 25.2. The third-order valence-electron chi connectivity index (χ3n) is 6.68. The molecule has 0 radical (unpaired) electrons. The molecule has 1 aliphatic heterocycles. The van der Waals surface area contributed by atoms with E-state index < -0.39 is 0 Å². The van der Waals surface area contributed by atoms with Crippen LogP contribution in [0, 0.1) is 0 Å². The van der Waals surface area contributed by atoms with Gasteiger partial charge in [-0.3, -0.25) is 9.59 Å². The van der Waals surface area contributed by atoms with Gasteiger partial charge in [-0.25, -0.2) is 0 Å². The van der Waals surface area contributed by atoms with Crippen molar-refractivity contribution in [3.8, 4) is 5.75 Å². The van der Waals surface area contributed by atoms with Gasteiger partial charge in [0, 0.05) is 52.3 Å². The molecule has 35 heavy (non-hydrogen) atoms. The van der Waals surface area contributed by atoms with Crippen LogP contribution in [0.15, 0.2) is 42.5 Å². The number of methoxy groups -OCH3 is 1. The predicted octanol–water partition coefficient (Wildman–Crippen LogP) is 4.36. The number of rotatable bonds is 6. The first-order valence-electron chi connectivity index (χ1n) is 12.6. The van der Waals surface area contributed by atoms with E-state index in [1.54, 1.807) is 18.9 Å². The number of fused-ring (bicyclic) bond motifs is 1. The standard InChI is InChI=1S/C28H39N3O4/c1-22(33)31-17-10-6-4-5-9-16-30(20-24-14-13-23(21-32)19-26(24)31)28(34)15-18-29(2)25-11-7-8-12-27(25)35-3/h7-8,11-14,19,32H,4-6,9-10,15-18,20-21H2,1-3H3. The molecule has 2 amide bonds. The summed E-state index contributed by atoms with van der Waals surface area (Å²) in [6, 6.07) is 13.5. The summed E-state index contributed by atoms with van der Waals surface area (Å²) in [5.74, 6) is 0.858. The molecule has 0 atom stereocenters. The molecule has 7 heteroatoms. The maximum Gasteiger partial charge on any atom is 0.224 e. The molecule has 0 bridgehead atoms. The second-order valence-electron chi connectivity index (χ2n) is 9.22. The lowest BCUT2D eigenvalue weighted by Crippen LogP contribution is -2.36. The van der Waals surface area contributed by atoms with Crippen molar-refractivity contribution in [3.63, 3.8) is 0 Å². The molecule has 2 aromatic carbocycles. The Morgan fingerprint density at radius 2 is 1.74 bits per heavy atom. The lowest BCUT2D eigenvalue weighted by molar-refractivity contribution is -0.131. The highest BCUT2D eigenvalue weighted by Gasteiger charge is 2.21. The van der Waals surface area contributed by atoms with Gasteiger partial charge in [0.2, 0.25) is 11.8 Å². The molecule has 1 aliphatic rings. The summed E-state index contributed by atoms with van der Waals surface area (Å²) in [6.07, 6.45) is 5.51. The van der Waals surface area contributed by atoms with Crippen LogP contribution in [-0.2, 0) is 22.7 Å². The van der Waals surface area contributed by atoms with Crippen molar-refractivity contribution in [2.75, 3.05) is 43.6 Å². The van der Waals surface area contributed by atoms with E-state index in [0.29, 0.717) is 32.6 Å². The van der Waals surface area contributed by atoms with Gasteiger partial charge in [-0.2, -0.15) is 0 Å². The zero-order valence-corrected chi connectivity index (χ0v) is 21.3. The van der Waals surface area contributed by atoms with Crippen LogP contribution in [0.5, 0.6) is 5.75 Å². The van der Waals surface area contributed by atoms with E-state index >= 15 is 0 Å². The van der Waals surface area contributed by atoms with Crippen LogP contribution < -0.4 is 14.5 Å². The number of hydrogen-bond acceptors (Lipinski definition) is 5. The van der Waals surface area contributed by atoms with E-state index in [9.17, 15) is 14.7 Å². The van der Waals surface area contributed by atoms with Gasteiger partial charge in [-0.05, 0) is 42.2 Å². The third kappa shape index (κ3) is 7.21. The number of carbonyl (C=O) groups is 2. The smallest absolute Gasteiger partial charge is 0.224 e. The molecule has 1 N–H and O–H groups in total. The number of hydrogen-bond donors (Lipinski definition) is 1. The molecule has 0 unspecified atom stereocenters. The van der Waals surface area contributed by atoms with E-state index in [1.807, 2.05) is 59.3 Å². The number of benzene rings is 2. The van der Waals surface area contributed by atoms with Crippen molar-refractivity contribution in [3.05, 3.63) is 53.6 Å². The van der Waals surface area contributed by atoms with Crippen LogP contribution >= 0.6 is 0 Å². The van der Waals surface area contributed by atoms with Gasteiger partial charge in [0.05, 0.1) is 19.4 Å². The van der Waals surface area contributed by atoms with Crippen LogP contribution in [0.1, 0.15) is 56.6 Å². The molecule has 0 saturated carbocycles. The van der Waals surface area contributed by atoms with E-state index in [-0.39, 0.29) is 18.4 Å².